The van der Waals surface area contributed by atoms with Crippen LogP contribution in [0, 0.1) is 5.92 Å². The van der Waals surface area contributed by atoms with Crippen LogP contribution in [-0.2, 0) is 24.4 Å². The molecule has 0 radical (unpaired) electrons. The molecule has 2 aromatic carbocycles. The van der Waals surface area contributed by atoms with E-state index in [1.54, 1.807) is 12.1 Å². The highest BCUT2D eigenvalue weighted by Crippen LogP contribution is 2.16. The summed E-state index contributed by atoms with van der Waals surface area (Å²) in [5, 5.41) is 8.56. The van der Waals surface area contributed by atoms with Gasteiger partial charge in [-0.15, -0.1) is 0 Å². The van der Waals surface area contributed by atoms with E-state index in [4.69, 9.17) is 4.74 Å². The number of carbonyl (C=O) groups is 1. The first-order valence-corrected chi connectivity index (χ1v) is 11.2. The third-order valence-corrected chi connectivity index (χ3v) is 5.68. The molecule has 2 heterocycles. The molecule has 0 aliphatic carbocycles. The number of benzene rings is 2. The molecule has 0 unspecified atom stereocenters. The van der Waals surface area contributed by atoms with Crippen LogP contribution in [-0.4, -0.2) is 46.9 Å². The minimum Gasteiger partial charge on any atom is -0.379 e. The first kappa shape index (κ1) is 22.2. The van der Waals surface area contributed by atoms with Crippen molar-refractivity contribution < 1.29 is 9.53 Å². The quantitative estimate of drug-likeness (QED) is 0.619. The number of morpholine rings is 1. The van der Waals surface area contributed by atoms with Crippen molar-refractivity contribution in [3.05, 3.63) is 75.7 Å². The number of ether oxygens (including phenoxy) is 1. The van der Waals surface area contributed by atoms with Crippen LogP contribution < -0.4 is 10.9 Å². The van der Waals surface area contributed by atoms with E-state index in [2.05, 4.69) is 21.4 Å². The Labute approximate surface area is 188 Å². The molecule has 1 amide bonds. The van der Waals surface area contributed by atoms with E-state index in [0.717, 1.165) is 38.4 Å². The van der Waals surface area contributed by atoms with Gasteiger partial charge in [0.2, 0.25) is 0 Å². The average Bonchev–Trinajstić information content (AvgIpc) is 2.80. The number of hydrogen-bond donors (Lipinski definition) is 1. The zero-order valence-corrected chi connectivity index (χ0v) is 18.7. The number of aromatic nitrogens is 2. The summed E-state index contributed by atoms with van der Waals surface area (Å²) in [5.74, 6) is -0.0378. The van der Waals surface area contributed by atoms with Gasteiger partial charge in [-0.2, -0.15) is 5.10 Å². The highest BCUT2D eigenvalue weighted by Gasteiger charge is 2.18. The van der Waals surface area contributed by atoms with Crippen molar-refractivity contribution in [1.82, 2.24) is 20.0 Å². The summed E-state index contributed by atoms with van der Waals surface area (Å²) >= 11 is 0. The minimum absolute atomic E-state index is 0.165. The SMILES string of the molecule is CC(C)Cn1nc(C(=O)NCc2ccccc2CN2CCOCC2)c2ccccc2c1=O. The van der Waals surface area contributed by atoms with Crippen LogP contribution in [0.3, 0.4) is 0 Å². The third-order valence-electron chi connectivity index (χ3n) is 5.68. The van der Waals surface area contributed by atoms with Crippen LogP contribution >= 0.6 is 0 Å². The Bertz CT molecular complexity index is 1150. The van der Waals surface area contributed by atoms with E-state index in [0.29, 0.717) is 23.9 Å². The second kappa shape index (κ2) is 10.1. The monoisotopic (exact) mass is 434 g/mol. The second-order valence-corrected chi connectivity index (χ2v) is 8.62. The lowest BCUT2D eigenvalue weighted by Gasteiger charge is -2.27. The van der Waals surface area contributed by atoms with Crippen molar-refractivity contribution >= 4 is 16.7 Å². The molecule has 1 aliphatic heterocycles. The molecule has 0 spiro atoms. The van der Waals surface area contributed by atoms with Gasteiger partial charge in [0.15, 0.2) is 5.69 Å². The summed E-state index contributed by atoms with van der Waals surface area (Å²) < 4.78 is 6.85. The molecule has 32 heavy (non-hydrogen) atoms. The van der Waals surface area contributed by atoms with Gasteiger partial charge in [0.25, 0.3) is 11.5 Å². The highest BCUT2D eigenvalue weighted by molar-refractivity contribution is 6.04. The molecule has 0 atom stereocenters. The van der Waals surface area contributed by atoms with Gasteiger partial charge in [-0.1, -0.05) is 56.3 Å². The van der Waals surface area contributed by atoms with Crippen molar-refractivity contribution in [3.8, 4) is 0 Å². The second-order valence-electron chi connectivity index (χ2n) is 8.62. The molecule has 0 saturated carbocycles. The molecule has 3 aromatic rings. The Morgan fingerprint density at radius 3 is 2.41 bits per heavy atom. The molecule has 168 valence electrons. The van der Waals surface area contributed by atoms with Gasteiger partial charge in [-0.05, 0) is 23.1 Å². The van der Waals surface area contributed by atoms with Crippen LogP contribution in [0.1, 0.15) is 35.5 Å². The Hall–Kier alpha value is -3.03. The van der Waals surface area contributed by atoms with E-state index in [1.165, 1.54) is 10.2 Å². The molecule has 7 nitrogen and oxygen atoms in total. The summed E-state index contributed by atoms with van der Waals surface area (Å²) in [5.41, 5.74) is 2.39. The number of fused-ring (bicyclic) bond motifs is 1. The van der Waals surface area contributed by atoms with E-state index >= 15 is 0 Å². The Morgan fingerprint density at radius 1 is 1.03 bits per heavy atom. The molecule has 0 bridgehead atoms. The Kier molecular flexibility index (Phi) is 6.97. The molecular formula is C25H30N4O3. The number of nitrogens with one attached hydrogen (secondary N) is 1. The predicted molar refractivity (Wildman–Crippen MR) is 125 cm³/mol. The van der Waals surface area contributed by atoms with Gasteiger partial charge < -0.3 is 10.1 Å². The number of nitrogens with zero attached hydrogens (tertiary/aromatic N) is 3. The first-order valence-electron chi connectivity index (χ1n) is 11.2. The zero-order chi connectivity index (χ0) is 22.5. The fraction of sp³-hybridized carbons (Fsp3) is 0.400. The van der Waals surface area contributed by atoms with E-state index in [-0.39, 0.29) is 23.1 Å². The first-order chi connectivity index (χ1) is 15.5. The smallest absolute Gasteiger partial charge is 0.274 e. The van der Waals surface area contributed by atoms with Crippen LogP contribution in [0.5, 0.6) is 0 Å². The maximum Gasteiger partial charge on any atom is 0.274 e. The maximum atomic E-state index is 13.2. The molecule has 1 aliphatic rings. The molecule has 1 saturated heterocycles. The number of carbonyl (C=O) groups excluding carboxylic acids is 1. The lowest BCUT2D eigenvalue weighted by atomic mass is 10.1. The molecule has 7 heteroatoms. The van der Waals surface area contributed by atoms with Gasteiger partial charge in [0.05, 0.1) is 18.6 Å². The summed E-state index contributed by atoms with van der Waals surface area (Å²) in [7, 11) is 0. The van der Waals surface area contributed by atoms with Crippen LogP contribution in [0.15, 0.2) is 53.3 Å². The summed E-state index contributed by atoms with van der Waals surface area (Å²) in [4.78, 5) is 28.3. The summed E-state index contributed by atoms with van der Waals surface area (Å²) in [6, 6.07) is 15.3. The van der Waals surface area contributed by atoms with Crippen LogP contribution in [0.4, 0.5) is 0 Å². The van der Waals surface area contributed by atoms with E-state index < -0.39 is 0 Å². The van der Waals surface area contributed by atoms with Crippen molar-refractivity contribution in [3.63, 3.8) is 0 Å². The van der Waals surface area contributed by atoms with Gasteiger partial charge in [0.1, 0.15) is 0 Å². The lowest BCUT2D eigenvalue weighted by molar-refractivity contribution is 0.0340. The summed E-state index contributed by atoms with van der Waals surface area (Å²) in [6.45, 7) is 9.07. The molecule has 1 fully saturated rings. The topological polar surface area (TPSA) is 76.5 Å². The molecule has 1 N–H and O–H groups in total. The van der Waals surface area contributed by atoms with Crippen LogP contribution in [0.25, 0.3) is 10.8 Å². The van der Waals surface area contributed by atoms with Crippen molar-refractivity contribution in [2.45, 2.75) is 33.5 Å². The number of rotatable bonds is 7. The highest BCUT2D eigenvalue weighted by atomic mass is 16.5. The number of hydrogen-bond acceptors (Lipinski definition) is 5. The fourth-order valence-corrected chi connectivity index (χ4v) is 4.02. The fourth-order valence-electron chi connectivity index (χ4n) is 4.02. The van der Waals surface area contributed by atoms with E-state index in [1.807, 2.05) is 44.2 Å². The van der Waals surface area contributed by atoms with Crippen molar-refractivity contribution in [1.29, 1.82) is 0 Å². The molecular weight excluding hydrogens is 404 g/mol. The maximum absolute atomic E-state index is 13.2. The standard InChI is InChI=1S/C25H30N4O3/c1-18(2)16-29-25(31)22-10-6-5-9-21(22)23(27-29)24(30)26-15-19-7-3-4-8-20(19)17-28-11-13-32-14-12-28/h3-10,18H,11-17H2,1-2H3,(H,26,30). The van der Waals surface area contributed by atoms with Crippen molar-refractivity contribution in [2.75, 3.05) is 26.3 Å². The Balaban J connectivity index is 1.56. The van der Waals surface area contributed by atoms with Gasteiger partial charge in [-0.3, -0.25) is 14.5 Å². The number of amides is 1. The minimum atomic E-state index is -0.278. The lowest BCUT2D eigenvalue weighted by Crippen LogP contribution is -2.36. The summed E-state index contributed by atoms with van der Waals surface area (Å²) in [6.07, 6.45) is 0. The average molecular weight is 435 g/mol. The normalized spacial score (nSPS) is 14.7. The van der Waals surface area contributed by atoms with Gasteiger partial charge in [-0.25, -0.2) is 4.68 Å². The van der Waals surface area contributed by atoms with Gasteiger partial charge >= 0.3 is 0 Å². The molecule has 4 rings (SSSR count). The molecule has 1 aromatic heterocycles. The van der Waals surface area contributed by atoms with E-state index in [9.17, 15) is 9.59 Å². The van der Waals surface area contributed by atoms with Gasteiger partial charge in [0, 0.05) is 38.1 Å². The largest absolute Gasteiger partial charge is 0.379 e. The third kappa shape index (κ3) is 5.06. The van der Waals surface area contributed by atoms with Crippen molar-refractivity contribution in [2.24, 2.45) is 5.92 Å². The van der Waals surface area contributed by atoms with Crippen LogP contribution in [0.2, 0.25) is 0 Å². The Morgan fingerprint density at radius 2 is 1.69 bits per heavy atom. The zero-order valence-electron chi connectivity index (χ0n) is 18.7. The predicted octanol–water partition coefficient (Wildman–Crippen LogP) is 2.81.